The van der Waals surface area contributed by atoms with Crippen molar-refractivity contribution in [1.82, 2.24) is 0 Å². The Morgan fingerprint density at radius 1 is 0.850 bits per heavy atom. The zero-order chi connectivity index (χ0) is 19.8. The molecule has 2 aromatic rings. The van der Waals surface area contributed by atoms with Crippen LogP contribution in [0.15, 0.2) is 60.5 Å². The van der Waals surface area contributed by atoms with Crippen LogP contribution in [0.25, 0.3) is 11.1 Å². The molecule has 0 saturated carbocycles. The van der Waals surface area contributed by atoms with Crippen LogP contribution in [0.3, 0.4) is 0 Å². The van der Waals surface area contributed by atoms with Gasteiger partial charge in [0.15, 0.2) is 0 Å². The molecule has 0 bridgehead atoms. The van der Waals surface area contributed by atoms with Gasteiger partial charge in [-0.05, 0) is 60.3 Å². The zero-order valence-electron chi connectivity index (χ0n) is 17.2. The van der Waals surface area contributed by atoms with E-state index in [4.69, 9.17) is 8.22 Å². The van der Waals surface area contributed by atoms with Gasteiger partial charge >= 0.3 is 0 Å². The first kappa shape index (κ1) is 7.95. The SMILES string of the molecule is [2H]/C(C)=C(\C(=C(/[2H])C)c1cc([2H])c(O)c([2H])c1)c1cc([2H])c(O)c([2H])c1. The predicted molar refractivity (Wildman–Crippen MR) is 83.5 cm³/mol. The van der Waals surface area contributed by atoms with Gasteiger partial charge in [0.1, 0.15) is 11.5 Å². The van der Waals surface area contributed by atoms with Crippen LogP contribution in [-0.2, 0) is 0 Å². The molecular weight excluding hydrogens is 248 g/mol. The van der Waals surface area contributed by atoms with Gasteiger partial charge in [-0.1, -0.05) is 36.4 Å². The van der Waals surface area contributed by atoms with E-state index in [2.05, 4.69) is 0 Å². The minimum atomic E-state index is -0.476. The van der Waals surface area contributed by atoms with Gasteiger partial charge in [-0.3, -0.25) is 0 Å². The minimum Gasteiger partial charge on any atom is -0.508 e. The lowest BCUT2D eigenvalue weighted by molar-refractivity contribution is 0.474. The fourth-order valence-corrected chi connectivity index (χ4v) is 1.87. The van der Waals surface area contributed by atoms with Crippen molar-refractivity contribution in [2.45, 2.75) is 13.8 Å². The monoisotopic (exact) mass is 272 g/mol. The molecule has 102 valence electrons. The second-order valence-electron chi connectivity index (χ2n) is 4.01. The van der Waals surface area contributed by atoms with Crippen LogP contribution < -0.4 is 0 Å². The summed E-state index contributed by atoms with van der Waals surface area (Å²) in [4.78, 5) is 0. The van der Waals surface area contributed by atoms with Crippen molar-refractivity contribution in [1.29, 1.82) is 0 Å². The van der Waals surface area contributed by atoms with Crippen molar-refractivity contribution in [3.05, 3.63) is 71.7 Å². The highest BCUT2D eigenvalue weighted by Crippen LogP contribution is 2.32. The largest absolute Gasteiger partial charge is 0.508 e. The summed E-state index contributed by atoms with van der Waals surface area (Å²) in [7, 11) is 0. The molecule has 0 amide bonds. The highest BCUT2D eigenvalue weighted by atomic mass is 16.3. The number of hydrogen-bond donors (Lipinski definition) is 2. The lowest BCUT2D eigenvalue weighted by atomic mass is 9.92. The Balaban J connectivity index is 2.80. The van der Waals surface area contributed by atoms with E-state index in [9.17, 15) is 10.2 Å². The maximum absolute atomic E-state index is 9.65. The number of phenolic OH excluding ortho intramolecular Hbond substituents is 2. The summed E-state index contributed by atoms with van der Waals surface area (Å²) in [6, 6.07) is 4.20. The Morgan fingerprint density at radius 3 is 1.40 bits per heavy atom. The Kier molecular flexibility index (Phi) is 2.43. The standard InChI is InChI=1S/C18H18O2/c1-3-17(13-5-9-15(19)10-6-13)18(4-2)14-7-11-16(20)12-8-14/h3-12,19-20H,1-2H3/b17-3+,18-4+/i3D,4D,9D,10D,11D,12D. The van der Waals surface area contributed by atoms with Crippen molar-refractivity contribution < 1.29 is 18.4 Å². The summed E-state index contributed by atoms with van der Waals surface area (Å²) in [5.41, 5.74) is 1.11. The smallest absolute Gasteiger partial charge is 0.115 e. The van der Waals surface area contributed by atoms with Gasteiger partial charge in [0, 0.05) is 0 Å². The van der Waals surface area contributed by atoms with E-state index < -0.39 is 11.5 Å². The summed E-state index contributed by atoms with van der Waals surface area (Å²) < 4.78 is 47.3. The molecule has 20 heavy (non-hydrogen) atoms. The van der Waals surface area contributed by atoms with E-state index in [0.29, 0.717) is 11.1 Å². The second kappa shape index (κ2) is 6.11. The third-order valence-corrected chi connectivity index (χ3v) is 2.78. The first-order valence-corrected chi connectivity index (χ1v) is 6.01. The van der Waals surface area contributed by atoms with E-state index in [-0.39, 0.29) is 47.4 Å². The number of aromatic hydroxyl groups is 2. The van der Waals surface area contributed by atoms with E-state index in [0.717, 1.165) is 0 Å². The quantitative estimate of drug-likeness (QED) is 0.801. The zero-order valence-corrected chi connectivity index (χ0v) is 11.2. The van der Waals surface area contributed by atoms with Crippen LogP contribution in [0, 0.1) is 0 Å². The third-order valence-electron chi connectivity index (χ3n) is 2.78. The second-order valence-corrected chi connectivity index (χ2v) is 4.01. The van der Waals surface area contributed by atoms with Gasteiger partial charge in [0.25, 0.3) is 0 Å². The Morgan fingerprint density at radius 2 is 1.15 bits per heavy atom. The van der Waals surface area contributed by atoms with Crippen LogP contribution in [0.4, 0.5) is 0 Å². The van der Waals surface area contributed by atoms with Crippen molar-refractivity contribution in [2.24, 2.45) is 0 Å². The lowest BCUT2D eigenvalue weighted by Gasteiger charge is -2.13. The number of hydrogen-bond acceptors (Lipinski definition) is 2. The molecule has 0 heterocycles. The van der Waals surface area contributed by atoms with Crippen molar-refractivity contribution >= 4 is 11.1 Å². The fraction of sp³-hybridized carbons (Fsp3) is 0.111. The third kappa shape index (κ3) is 2.91. The van der Waals surface area contributed by atoms with E-state index in [1.54, 1.807) is 0 Å². The van der Waals surface area contributed by atoms with Crippen LogP contribution >= 0.6 is 0 Å². The molecule has 0 saturated heterocycles. The Hall–Kier alpha value is -2.48. The molecule has 2 aromatic carbocycles. The van der Waals surface area contributed by atoms with Gasteiger partial charge in [-0.15, -0.1) is 0 Å². The summed E-state index contributed by atoms with van der Waals surface area (Å²) in [5, 5.41) is 19.3. The predicted octanol–water partition coefficient (Wildman–Crippen LogP) is 4.60. The minimum absolute atomic E-state index is 0.0576. The summed E-state index contributed by atoms with van der Waals surface area (Å²) >= 11 is 0. The highest BCUT2D eigenvalue weighted by Gasteiger charge is 2.09. The lowest BCUT2D eigenvalue weighted by Crippen LogP contribution is -1.90. The molecule has 0 aromatic heterocycles. The normalized spacial score (nSPS) is 17.7. The van der Waals surface area contributed by atoms with Crippen molar-refractivity contribution in [2.75, 3.05) is 0 Å². The van der Waals surface area contributed by atoms with E-state index in [1.807, 2.05) is 0 Å². The number of allylic oxidation sites excluding steroid dienone is 4. The fourth-order valence-electron chi connectivity index (χ4n) is 1.87. The number of rotatable bonds is 3. The molecular formula is C18H18O2. The molecule has 0 atom stereocenters. The average molecular weight is 272 g/mol. The van der Waals surface area contributed by atoms with Crippen molar-refractivity contribution in [3.63, 3.8) is 0 Å². The molecule has 2 N–H and O–H groups in total. The first-order chi connectivity index (χ1) is 12.0. The highest BCUT2D eigenvalue weighted by molar-refractivity contribution is 6.04. The molecule has 0 spiro atoms. The molecule has 0 aliphatic heterocycles. The first-order valence-electron chi connectivity index (χ1n) is 9.01. The maximum atomic E-state index is 9.65. The summed E-state index contributed by atoms with van der Waals surface area (Å²) in [6.07, 6.45) is 0. The van der Waals surface area contributed by atoms with Gasteiger partial charge < -0.3 is 10.2 Å². The molecule has 2 nitrogen and oxygen atoms in total. The topological polar surface area (TPSA) is 40.5 Å². The summed E-state index contributed by atoms with van der Waals surface area (Å²) in [5.74, 6) is -0.953. The Labute approximate surface area is 127 Å². The molecule has 2 rings (SSSR count). The molecule has 2 heteroatoms. The van der Waals surface area contributed by atoms with Crippen LogP contribution in [-0.4, -0.2) is 10.2 Å². The van der Waals surface area contributed by atoms with E-state index >= 15 is 0 Å². The average Bonchev–Trinajstić information content (AvgIpc) is 2.53. The maximum Gasteiger partial charge on any atom is 0.115 e. The van der Waals surface area contributed by atoms with Gasteiger partial charge in [0.05, 0.1) is 8.22 Å². The van der Waals surface area contributed by atoms with Crippen molar-refractivity contribution in [3.8, 4) is 11.5 Å². The van der Waals surface area contributed by atoms with Crippen LogP contribution in [0.2, 0.25) is 0 Å². The molecule has 0 aliphatic carbocycles. The number of benzene rings is 2. The number of phenols is 2. The summed E-state index contributed by atoms with van der Waals surface area (Å²) in [6.45, 7) is 2.98. The molecule has 0 unspecified atom stereocenters. The van der Waals surface area contributed by atoms with Gasteiger partial charge in [0.2, 0.25) is 0 Å². The van der Waals surface area contributed by atoms with E-state index in [1.165, 1.54) is 38.1 Å². The molecule has 0 aliphatic rings. The van der Waals surface area contributed by atoms with Crippen LogP contribution in [0.1, 0.15) is 33.2 Å². The molecule has 0 fully saturated rings. The van der Waals surface area contributed by atoms with Gasteiger partial charge in [-0.25, -0.2) is 0 Å². The molecule has 0 radical (unpaired) electrons. The Bertz CT molecular complexity index is 815. The van der Waals surface area contributed by atoms with Gasteiger partial charge in [-0.2, -0.15) is 0 Å². The van der Waals surface area contributed by atoms with Crippen LogP contribution in [0.5, 0.6) is 11.5 Å².